The minimum Gasteiger partial charge on any atom is -0.504 e. The van der Waals surface area contributed by atoms with E-state index < -0.39 is 13.1 Å². The third-order valence-electron chi connectivity index (χ3n) is 6.29. The number of hydrogen-bond donors (Lipinski definition) is 2. The van der Waals surface area contributed by atoms with E-state index in [0.717, 1.165) is 17.5 Å². The first-order chi connectivity index (χ1) is 11.3. The topological polar surface area (TPSA) is 52.9 Å². The molecule has 1 spiro atoms. The highest BCUT2D eigenvalue weighted by Gasteiger charge is 2.65. The molecule has 1 aromatic rings. The molecule has 1 saturated heterocycles. The molecule has 2 heterocycles. The summed E-state index contributed by atoms with van der Waals surface area (Å²) in [5.41, 5.74) is 1.75. The molecule has 0 radical (unpaired) electrons. The number of benzene rings is 1. The maximum absolute atomic E-state index is 10.6. The molecule has 0 amide bonds. The van der Waals surface area contributed by atoms with Crippen molar-refractivity contribution in [1.29, 1.82) is 0 Å². The Morgan fingerprint density at radius 1 is 1.43 bits per heavy atom. The van der Waals surface area contributed by atoms with Crippen molar-refractivity contribution in [2.24, 2.45) is 5.92 Å². The number of aromatic hydroxyl groups is 1. The van der Waals surface area contributed by atoms with Gasteiger partial charge in [-0.25, -0.2) is 0 Å². The molecule has 5 rings (SSSR count). The lowest BCUT2D eigenvalue weighted by Gasteiger charge is -2.58. The predicted molar refractivity (Wildman–Crippen MR) is 77.7 cm³/mol. The van der Waals surface area contributed by atoms with Crippen molar-refractivity contribution >= 4 is 0 Å². The molecule has 112 valence electrons. The van der Waals surface area contributed by atoms with Crippen LogP contribution >= 0.6 is 0 Å². The van der Waals surface area contributed by atoms with Gasteiger partial charge in [0.05, 0.1) is 6.10 Å². The molecule has 2 aliphatic carbocycles. The number of ether oxygens (including phenoxy) is 1. The van der Waals surface area contributed by atoms with E-state index in [1.54, 1.807) is 11.0 Å². The number of rotatable bonds is 0. The standard InChI is InChI=1S/C17H21NO3/c1-18-7-6-17-10-3-5-13(20)16(17)21-15-12(19)4-2-9(14(15)17)8-11(10)18/h2,4,10-11,13,16,19-20H,3,5-8H2,1H3/t10?,11-,13?,16+,17+/m1/s1/i1D3. The maximum Gasteiger partial charge on any atom is 0.165 e. The van der Waals surface area contributed by atoms with Crippen molar-refractivity contribution in [3.05, 3.63) is 23.3 Å². The van der Waals surface area contributed by atoms with E-state index in [1.165, 1.54) is 0 Å². The van der Waals surface area contributed by atoms with Crippen molar-refractivity contribution < 1.29 is 19.1 Å². The summed E-state index contributed by atoms with van der Waals surface area (Å²) in [6.45, 7) is -1.63. The van der Waals surface area contributed by atoms with Gasteiger partial charge in [0.2, 0.25) is 0 Å². The second-order valence-electron chi connectivity index (χ2n) is 6.99. The van der Waals surface area contributed by atoms with Crippen LogP contribution in [-0.2, 0) is 11.8 Å². The first-order valence-corrected chi connectivity index (χ1v) is 7.81. The van der Waals surface area contributed by atoms with Gasteiger partial charge in [0.25, 0.3) is 0 Å². The van der Waals surface area contributed by atoms with Crippen LogP contribution in [0.15, 0.2) is 12.1 Å². The third kappa shape index (κ3) is 1.25. The van der Waals surface area contributed by atoms with Gasteiger partial charge in [0.1, 0.15) is 6.10 Å². The first-order valence-electron chi connectivity index (χ1n) is 9.31. The third-order valence-corrected chi connectivity index (χ3v) is 6.29. The highest BCUT2D eigenvalue weighted by Crippen LogP contribution is 2.63. The van der Waals surface area contributed by atoms with Crippen molar-refractivity contribution in [1.82, 2.24) is 4.90 Å². The molecule has 2 unspecified atom stereocenters. The van der Waals surface area contributed by atoms with E-state index in [-0.39, 0.29) is 29.2 Å². The first kappa shape index (κ1) is 9.70. The Balaban J connectivity index is 1.74. The number of phenols is 1. The Kier molecular flexibility index (Phi) is 1.72. The van der Waals surface area contributed by atoms with Gasteiger partial charge < -0.3 is 19.8 Å². The van der Waals surface area contributed by atoms with E-state index in [9.17, 15) is 10.2 Å². The number of piperidine rings is 1. The monoisotopic (exact) mass is 290 g/mol. The van der Waals surface area contributed by atoms with Gasteiger partial charge >= 0.3 is 0 Å². The van der Waals surface area contributed by atoms with Crippen LogP contribution in [0.2, 0.25) is 0 Å². The molecule has 2 fully saturated rings. The molecule has 2 N–H and O–H groups in total. The van der Waals surface area contributed by atoms with Crippen LogP contribution in [0.5, 0.6) is 11.5 Å². The zero-order chi connectivity index (χ0) is 16.9. The number of hydrogen-bond acceptors (Lipinski definition) is 4. The van der Waals surface area contributed by atoms with Crippen LogP contribution in [-0.4, -0.2) is 46.9 Å². The number of aliphatic hydroxyl groups excluding tert-OH is 1. The van der Waals surface area contributed by atoms with Crippen molar-refractivity contribution in [3.8, 4) is 11.5 Å². The quantitative estimate of drug-likeness (QED) is 0.759. The highest BCUT2D eigenvalue weighted by molar-refractivity contribution is 5.60. The SMILES string of the molecule is [2H]C([2H])([2H])N1CC[C@]23c4c5ccc(O)c4O[C@H]2C(O)CCC3[C@H]1C5. The summed E-state index contributed by atoms with van der Waals surface area (Å²) in [5.74, 6) is 0.792. The van der Waals surface area contributed by atoms with Crippen LogP contribution < -0.4 is 4.74 Å². The lowest BCUT2D eigenvalue weighted by Crippen LogP contribution is -2.66. The average molecular weight is 290 g/mol. The van der Waals surface area contributed by atoms with Crippen molar-refractivity contribution in [3.63, 3.8) is 0 Å². The number of aliphatic hydroxyl groups is 1. The minimum atomic E-state index is -2.10. The molecule has 5 atom stereocenters. The summed E-state index contributed by atoms with van der Waals surface area (Å²) < 4.78 is 29.8. The maximum atomic E-state index is 10.6. The van der Waals surface area contributed by atoms with Crippen LogP contribution in [0, 0.1) is 5.92 Å². The van der Waals surface area contributed by atoms with E-state index in [4.69, 9.17) is 8.85 Å². The largest absolute Gasteiger partial charge is 0.504 e. The molecule has 4 aliphatic rings. The summed E-state index contributed by atoms with van der Waals surface area (Å²) in [6, 6.07) is 3.46. The molecule has 0 aromatic heterocycles. The summed E-state index contributed by atoms with van der Waals surface area (Å²) in [6.07, 6.45) is 1.79. The van der Waals surface area contributed by atoms with Gasteiger partial charge in [0, 0.05) is 21.1 Å². The molecule has 1 saturated carbocycles. The highest BCUT2D eigenvalue weighted by atomic mass is 16.5. The van der Waals surface area contributed by atoms with E-state index >= 15 is 0 Å². The van der Waals surface area contributed by atoms with Gasteiger partial charge in [0.15, 0.2) is 11.5 Å². The van der Waals surface area contributed by atoms with Gasteiger partial charge in [-0.05, 0) is 56.8 Å². The molecular formula is C17H21NO3. The summed E-state index contributed by atoms with van der Waals surface area (Å²) in [7, 11) is 0. The van der Waals surface area contributed by atoms with Crippen molar-refractivity contribution in [2.75, 3.05) is 13.5 Å². The molecular weight excluding hydrogens is 266 g/mol. The lowest BCUT2D eigenvalue weighted by molar-refractivity contribution is -0.0993. The molecule has 4 heteroatoms. The fourth-order valence-electron chi connectivity index (χ4n) is 5.52. The number of phenolic OH excluding ortho intramolecular Hbond substituents is 1. The second kappa shape index (κ2) is 3.73. The van der Waals surface area contributed by atoms with E-state index in [2.05, 4.69) is 0 Å². The zero-order valence-corrected chi connectivity index (χ0v) is 11.7. The van der Waals surface area contributed by atoms with Crippen LogP contribution in [0.4, 0.5) is 0 Å². The summed E-state index contributed by atoms with van der Waals surface area (Å²) in [4.78, 5) is 1.67. The summed E-state index contributed by atoms with van der Waals surface area (Å²) >= 11 is 0. The molecule has 1 aromatic carbocycles. The molecule has 2 bridgehead atoms. The van der Waals surface area contributed by atoms with Gasteiger partial charge in [-0.2, -0.15) is 0 Å². The van der Waals surface area contributed by atoms with Crippen LogP contribution in [0.25, 0.3) is 0 Å². The molecule has 2 aliphatic heterocycles. The number of nitrogens with zero attached hydrogens (tertiary/aromatic N) is 1. The Morgan fingerprint density at radius 2 is 2.33 bits per heavy atom. The van der Waals surface area contributed by atoms with Gasteiger partial charge in [-0.3, -0.25) is 0 Å². The lowest BCUT2D eigenvalue weighted by atomic mass is 9.51. The van der Waals surface area contributed by atoms with E-state index in [1.807, 2.05) is 6.07 Å². The van der Waals surface area contributed by atoms with Crippen LogP contribution in [0.1, 0.15) is 34.5 Å². The van der Waals surface area contributed by atoms with E-state index in [0.29, 0.717) is 31.6 Å². The Bertz CT molecular complexity index is 722. The normalized spacial score (nSPS) is 46.0. The number of likely N-dealkylation sites (tertiary alicyclic amines) is 1. The Hall–Kier alpha value is -1.26. The smallest absolute Gasteiger partial charge is 0.165 e. The van der Waals surface area contributed by atoms with Crippen LogP contribution in [0.3, 0.4) is 0 Å². The Morgan fingerprint density at radius 3 is 3.19 bits per heavy atom. The fraction of sp³-hybridized carbons (Fsp3) is 0.647. The van der Waals surface area contributed by atoms with Gasteiger partial charge in [-0.15, -0.1) is 0 Å². The number of likely N-dealkylation sites (N-methyl/N-ethyl adjacent to an activating group) is 1. The molecule has 21 heavy (non-hydrogen) atoms. The molecule has 4 nitrogen and oxygen atoms in total. The fourth-order valence-corrected chi connectivity index (χ4v) is 5.52. The zero-order valence-electron chi connectivity index (χ0n) is 14.7. The minimum absolute atomic E-state index is 0.0622. The second-order valence-corrected chi connectivity index (χ2v) is 6.99. The van der Waals surface area contributed by atoms with Crippen molar-refractivity contribution in [2.45, 2.75) is 49.3 Å². The summed E-state index contributed by atoms with van der Waals surface area (Å²) in [5, 5.41) is 20.8. The van der Waals surface area contributed by atoms with Gasteiger partial charge in [-0.1, -0.05) is 6.07 Å². The predicted octanol–water partition coefficient (Wildman–Crippen LogP) is 1.42. The average Bonchev–Trinajstić information content (AvgIpc) is 2.85. The Labute approximate surface area is 128 Å².